The maximum absolute atomic E-state index is 12.3. The molecule has 23 heavy (non-hydrogen) atoms. The first-order valence-electron chi connectivity index (χ1n) is 7.52. The molecule has 0 saturated carbocycles. The van der Waals surface area contributed by atoms with Crippen molar-refractivity contribution in [3.8, 4) is 0 Å². The molecule has 2 N–H and O–H groups in total. The molecule has 1 unspecified atom stereocenters. The van der Waals surface area contributed by atoms with Crippen LogP contribution in [0, 0.1) is 0 Å². The van der Waals surface area contributed by atoms with Crippen LogP contribution in [0.1, 0.15) is 11.6 Å². The van der Waals surface area contributed by atoms with Crippen LogP contribution in [-0.4, -0.2) is 42.0 Å². The Morgan fingerprint density at radius 1 is 1.26 bits per heavy atom. The predicted octanol–water partition coefficient (Wildman–Crippen LogP) is 2.09. The normalized spacial score (nSPS) is 18.0. The fraction of sp³-hybridized carbons (Fsp3) is 0.294. The zero-order valence-corrected chi connectivity index (χ0v) is 13.6. The number of carbonyl (C=O) groups is 1. The van der Waals surface area contributed by atoms with E-state index in [0.717, 1.165) is 30.9 Å². The SMILES string of the molecule is Cl.O=C(CN1CCNCC1c1cccnc1)Nc1ccccc1. The zero-order chi connectivity index (χ0) is 15.2. The maximum Gasteiger partial charge on any atom is 0.238 e. The minimum atomic E-state index is 0. The molecule has 1 aliphatic heterocycles. The lowest BCUT2D eigenvalue weighted by Gasteiger charge is -2.35. The molecule has 5 nitrogen and oxygen atoms in total. The summed E-state index contributed by atoms with van der Waals surface area (Å²) in [6.07, 6.45) is 3.64. The van der Waals surface area contributed by atoms with Crippen molar-refractivity contribution in [2.75, 3.05) is 31.5 Å². The molecule has 3 rings (SSSR count). The van der Waals surface area contributed by atoms with Gasteiger partial charge in [0.15, 0.2) is 0 Å². The average molecular weight is 333 g/mol. The Hall–Kier alpha value is -1.95. The van der Waals surface area contributed by atoms with E-state index < -0.39 is 0 Å². The topological polar surface area (TPSA) is 57.3 Å². The number of nitrogens with zero attached hydrogens (tertiary/aromatic N) is 2. The van der Waals surface area contributed by atoms with E-state index >= 15 is 0 Å². The van der Waals surface area contributed by atoms with Gasteiger partial charge >= 0.3 is 0 Å². The van der Waals surface area contributed by atoms with Gasteiger partial charge in [0.1, 0.15) is 0 Å². The van der Waals surface area contributed by atoms with Crippen molar-refractivity contribution in [2.24, 2.45) is 0 Å². The molecule has 1 atom stereocenters. The van der Waals surface area contributed by atoms with Crippen LogP contribution in [0.2, 0.25) is 0 Å². The summed E-state index contributed by atoms with van der Waals surface area (Å²) in [4.78, 5) is 18.7. The number of hydrogen-bond acceptors (Lipinski definition) is 4. The van der Waals surface area contributed by atoms with Gasteiger partial charge in [0.25, 0.3) is 0 Å². The number of amides is 1. The summed E-state index contributed by atoms with van der Waals surface area (Å²) in [6, 6.07) is 13.7. The standard InChI is InChI=1S/C17H20N4O.ClH/c22-17(20-15-6-2-1-3-7-15)13-21-10-9-19-12-16(21)14-5-4-8-18-11-14;/h1-8,11,16,19H,9-10,12-13H2,(H,20,22);1H. The third kappa shape index (κ3) is 4.76. The molecule has 1 amide bonds. The van der Waals surface area contributed by atoms with E-state index in [4.69, 9.17) is 0 Å². The molecular weight excluding hydrogens is 312 g/mol. The molecule has 1 aromatic carbocycles. The maximum atomic E-state index is 12.3. The number of piperazine rings is 1. The Bertz CT molecular complexity index is 609. The summed E-state index contributed by atoms with van der Waals surface area (Å²) >= 11 is 0. The molecule has 2 heterocycles. The van der Waals surface area contributed by atoms with Gasteiger partial charge in [0.2, 0.25) is 5.91 Å². The van der Waals surface area contributed by atoms with Crippen molar-refractivity contribution in [1.29, 1.82) is 0 Å². The van der Waals surface area contributed by atoms with Crippen molar-refractivity contribution < 1.29 is 4.79 Å². The Morgan fingerprint density at radius 3 is 2.83 bits per heavy atom. The Kier molecular flexibility index (Phi) is 6.52. The van der Waals surface area contributed by atoms with E-state index in [2.05, 4.69) is 26.6 Å². The zero-order valence-electron chi connectivity index (χ0n) is 12.8. The Labute approximate surface area is 142 Å². The first kappa shape index (κ1) is 17.4. The van der Waals surface area contributed by atoms with E-state index in [-0.39, 0.29) is 24.4 Å². The van der Waals surface area contributed by atoms with E-state index in [1.807, 2.05) is 42.6 Å². The number of benzene rings is 1. The molecule has 1 aromatic heterocycles. The largest absolute Gasteiger partial charge is 0.325 e. The summed E-state index contributed by atoms with van der Waals surface area (Å²) in [6.45, 7) is 2.97. The smallest absolute Gasteiger partial charge is 0.238 e. The van der Waals surface area contributed by atoms with Gasteiger partial charge in [-0.05, 0) is 23.8 Å². The van der Waals surface area contributed by atoms with Crippen LogP contribution >= 0.6 is 12.4 Å². The first-order chi connectivity index (χ1) is 10.8. The van der Waals surface area contributed by atoms with Gasteiger partial charge in [0, 0.05) is 43.8 Å². The van der Waals surface area contributed by atoms with E-state index in [9.17, 15) is 4.79 Å². The summed E-state index contributed by atoms with van der Waals surface area (Å²) in [7, 11) is 0. The van der Waals surface area contributed by atoms with Gasteiger partial charge in [-0.3, -0.25) is 14.7 Å². The number of hydrogen-bond donors (Lipinski definition) is 2. The molecule has 0 aliphatic carbocycles. The minimum absolute atomic E-state index is 0. The number of nitrogens with one attached hydrogen (secondary N) is 2. The van der Waals surface area contributed by atoms with Crippen LogP contribution in [0.3, 0.4) is 0 Å². The predicted molar refractivity (Wildman–Crippen MR) is 93.7 cm³/mol. The highest BCUT2D eigenvalue weighted by Crippen LogP contribution is 2.21. The summed E-state index contributed by atoms with van der Waals surface area (Å²) < 4.78 is 0. The summed E-state index contributed by atoms with van der Waals surface area (Å²) in [5, 5.41) is 6.33. The van der Waals surface area contributed by atoms with E-state index in [1.165, 1.54) is 0 Å². The second-order valence-corrected chi connectivity index (χ2v) is 5.39. The number of rotatable bonds is 4. The van der Waals surface area contributed by atoms with Gasteiger partial charge in [-0.25, -0.2) is 0 Å². The lowest BCUT2D eigenvalue weighted by atomic mass is 10.1. The highest BCUT2D eigenvalue weighted by atomic mass is 35.5. The van der Waals surface area contributed by atoms with Gasteiger partial charge in [-0.1, -0.05) is 24.3 Å². The second kappa shape index (κ2) is 8.62. The van der Waals surface area contributed by atoms with Crippen LogP contribution in [-0.2, 0) is 4.79 Å². The Balaban J connectivity index is 0.00000192. The van der Waals surface area contributed by atoms with Gasteiger partial charge in [-0.2, -0.15) is 0 Å². The van der Waals surface area contributed by atoms with Crippen LogP contribution in [0.25, 0.3) is 0 Å². The molecule has 1 fully saturated rings. The van der Waals surface area contributed by atoms with Crippen molar-refractivity contribution in [2.45, 2.75) is 6.04 Å². The number of halogens is 1. The molecule has 0 spiro atoms. The van der Waals surface area contributed by atoms with Crippen molar-refractivity contribution in [3.63, 3.8) is 0 Å². The monoisotopic (exact) mass is 332 g/mol. The molecule has 2 aromatic rings. The first-order valence-corrected chi connectivity index (χ1v) is 7.52. The lowest BCUT2D eigenvalue weighted by molar-refractivity contribution is -0.118. The van der Waals surface area contributed by atoms with Crippen molar-refractivity contribution in [3.05, 3.63) is 60.4 Å². The quantitative estimate of drug-likeness (QED) is 0.900. The summed E-state index contributed by atoms with van der Waals surface area (Å²) in [5.41, 5.74) is 1.97. The highest BCUT2D eigenvalue weighted by Gasteiger charge is 2.25. The molecule has 1 aliphatic rings. The fourth-order valence-electron chi connectivity index (χ4n) is 2.74. The second-order valence-electron chi connectivity index (χ2n) is 5.39. The number of para-hydroxylation sites is 1. The molecule has 1 saturated heterocycles. The van der Waals surface area contributed by atoms with Gasteiger partial charge in [0.05, 0.1) is 6.54 Å². The van der Waals surface area contributed by atoms with E-state index in [0.29, 0.717) is 6.54 Å². The molecular formula is C17H21ClN4O. The average Bonchev–Trinajstić information content (AvgIpc) is 2.57. The third-order valence-electron chi connectivity index (χ3n) is 3.83. The highest BCUT2D eigenvalue weighted by molar-refractivity contribution is 5.92. The molecule has 6 heteroatoms. The summed E-state index contributed by atoms with van der Waals surface area (Å²) in [5.74, 6) is 0.0157. The van der Waals surface area contributed by atoms with Gasteiger partial charge < -0.3 is 10.6 Å². The number of carbonyl (C=O) groups excluding carboxylic acids is 1. The number of pyridine rings is 1. The van der Waals surface area contributed by atoms with Crippen LogP contribution in [0.5, 0.6) is 0 Å². The third-order valence-corrected chi connectivity index (χ3v) is 3.83. The van der Waals surface area contributed by atoms with Crippen LogP contribution in [0.4, 0.5) is 5.69 Å². The van der Waals surface area contributed by atoms with Crippen LogP contribution in [0.15, 0.2) is 54.9 Å². The number of anilines is 1. The van der Waals surface area contributed by atoms with E-state index in [1.54, 1.807) is 6.20 Å². The fourth-order valence-corrected chi connectivity index (χ4v) is 2.74. The number of aromatic nitrogens is 1. The van der Waals surface area contributed by atoms with Crippen molar-refractivity contribution in [1.82, 2.24) is 15.2 Å². The molecule has 0 radical (unpaired) electrons. The van der Waals surface area contributed by atoms with Crippen molar-refractivity contribution >= 4 is 24.0 Å². The lowest BCUT2D eigenvalue weighted by Crippen LogP contribution is -2.48. The van der Waals surface area contributed by atoms with Gasteiger partial charge in [-0.15, -0.1) is 12.4 Å². The Morgan fingerprint density at radius 2 is 2.09 bits per heavy atom. The molecule has 122 valence electrons. The van der Waals surface area contributed by atoms with Crippen LogP contribution < -0.4 is 10.6 Å². The molecule has 0 bridgehead atoms. The minimum Gasteiger partial charge on any atom is -0.325 e.